The van der Waals surface area contributed by atoms with Crippen LogP contribution in [0.25, 0.3) is 0 Å². The number of aliphatic carboxylic acids is 2. The lowest BCUT2D eigenvalue weighted by Gasteiger charge is -1.91. The summed E-state index contributed by atoms with van der Waals surface area (Å²) in [6.45, 7) is 16.0. The van der Waals surface area contributed by atoms with Crippen molar-refractivity contribution in [2.75, 3.05) is 0 Å². The molecule has 0 atom stereocenters. The van der Waals surface area contributed by atoms with E-state index < -0.39 is 18.4 Å². The second-order valence-electron chi connectivity index (χ2n) is 2.42. The second-order valence-corrected chi connectivity index (χ2v) is 2.42. The van der Waals surface area contributed by atoms with Crippen LogP contribution < -0.4 is 0 Å². The molecule has 0 radical (unpaired) electrons. The Morgan fingerprint density at radius 2 is 1.21 bits per heavy atom. The Hall–Kier alpha value is -2.76. The maximum Gasteiger partial charge on any atom is 0.331 e. The Labute approximate surface area is 112 Å². The maximum atomic E-state index is 9.87. The minimum absolute atomic E-state index is 0.303. The van der Waals surface area contributed by atoms with Gasteiger partial charge in [-0.2, -0.15) is 0 Å². The van der Waals surface area contributed by atoms with Gasteiger partial charge in [-0.15, -0.1) is 0 Å². The van der Waals surface area contributed by atoms with Gasteiger partial charge in [0.05, 0.1) is 31.5 Å². The molecule has 0 spiro atoms. The van der Waals surface area contributed by atoms with Gasteiger partial charge in [-0.1, -0.05) is 32.9 Å². The van der Waals surface area contributed by atoms with Gasteiger partial charge < -0.3 is 19.7 Å². The van der Waals surface area contributed by atoms with Crippen molar-refractivity contribution in [3.05, 3.63) is 63.5 Å². The summed E-state index contributed by atoms with van der Waals surface area (Å²) in [5, 5.41) is 16.1. The fraction of sp³-hybridized carbons (Fsp3) is 0.0769. The molecule has 0 unspecified atom stereocenters. The molecule has 6 heteroatoms. The standard InChI is InChI=1S/C5H6O4.2C4H6O/c1-3(5(8)9)2-4(6)7;2*1-3-5-4-2/h1-2H2,(H,6,7)(H,8,9);2*3-4H,1-2H2. The van der Waals surface area contributed by atoms with E-state index in [1.807, 2.05) is 0 Å². The highest BCUT2D eigenvalue weighted by Crippen LogP contribution is 1.95. The van der Waals surface area contributed by atoms with Crippen molar-refractivity contribution in [2.45, 2.75) is 6.42 Å². The molecule has 0 saturated carbocycles. The first-order valence-electron chi connectivity index (χ1n) is 4.74. The molecule has 0 amide bonds. The van der Waals surface area contributed by atoms with Gasteiger partial charge in [0.15, 0.2) is 0 Å². The molecular weight excluding hydrogens is 252 g/mol. The minimum Gasteiger partial charge on any atom is -0.481 e. The van der Waals surface area contributed by atoms with Gasteiger partial charge in [-0.3, -0.25) is 4.79 Å². The van der Waals surface area contributed by atoms with Gasteiger partial charge in [0, 0.05) is 5.57 Å². The van der Waals surface area contributed by atoms with E-state index in [1.165, 1.54) is 25.0 Å². The van der Waals surface area contributed by atoms with Crippen molar-refractivity contribution in [1.29, 1.82) is 0 Å². The largest absolute Gasteiger partial charge is 0.481 e. The van der Waals surface area contributed by atoms with E-state index in [0.29, 0.717) is 0 Å². The highest BCUT2D eigenvalue weighted by Gasteiger charge is 2.07. The van der Waals surface area contributed by atoms with Crippen LogP contribution in [0.1, 0.15) is 6.42 Å². The summed E-state index contributed by atoms with van der Waals surface area (Å²) < 4.78 is 8.72. The molecule has 2 N–H and O–H groups in total. The van der Waals surface area contributed by atoms with E-state index in [4.69, 9.17) is 10.2 Å². The van der Waals surface area contributed by atoms with Crippen molar-refractivity contribution in [3.8, 4) is 0 Å². The van der Waals surface area contributed by atoms with Crippen LogP contribution in [-0.4, -0.2) is 22.2 Å². The smallest absolute Gasteiger partial charge is 0.331 e. The zero-order chi connectivity index (χ0) is 15.7. The summed E-state index contributed by atoms with van der Waals surface area (Å²) in [6.07, 6.45) is 4.75. The molecule has 0 aliphatic rings. The summed E-state index contributed by atoms with van der Waals surface area (Å²) in [4.78, 5) is 19.7. The van der Waals surface area contributed by atoms with Crippen molar-refractivity contribution in [1.82, 2.24) is 0 Å². The molecular formula is C13H18O6. The van der Waals surface area contributed by atoms with E-state index in [9.17, 15) is 9.59 Å². The number of carboxylic acid groups (broad SMARTS) is 2. The molecule has 0 fully saturated rings. The number of rotatable bonds is 7. The first-order chi connectivity index (χ1) is 8.87. The average molecular weight is 270 g/mol. The first-order valence-corrected chi connectivity index (χ1v) is 4.74. The summed E-state index contributed by atoms with van der Waals surface area (Å²) in [5.41, 5.74) is -0.303. The van der Waals surface area contributed by atoms with Gasteiger partial charge in [0.25, 0.3) is 0 Å². The fourth-order valence-electron chi connectivity index (χ4n) is 0.394. The topological polar surface area (TPSA) is 93.1 Å². The molecule has 0 bridgehead atoms. The van der Waals surface area contributed by atoms with Gasteiger partial charge in [0.1, 0.15) is 0 Å². The normalized spacial score (nSPS) is 6.95. The summed E-state index contributed by atoms with van der Waals surface area (Å²) in [6, 6.07) is 0. The van der Waals surface area contributed by atoms with Crippen LogP contribution in [0, 0.1) is 0 Å². The number of ether oxygens (including phenoxy) is 2. The molecule has 0 aromatic carbocycles. The molecule has 0 aliphatic carbocycles. The predicted octanol–water partition coefficient (Wildman–Crippen LogP) is 2.68. The number of carbonyl (C=O) groups is 2. The van der Waals surface area contributed by atoms with Crippen molar-refractivity contribution in [2.24, 2.45) is 0 Å². The molecule has 0 aromatic heterocycles. The van der Waals surface area contributed by atoms with Crippen LogP contribution in [0.15, 0.2) is 63.5 Å². The Morgan fingerprint density at radius 3 is 1.26 bits per heavy atom. The molecule has 6 nitrogen and oxygen atoms in total. The zero-order valence-electron chi connectivity index (χ0n) is 10.6. The Bertz CT molecular complexity index is 304. The average Bonchev–Trinajstić information content (AvgIpc) is 2.31. The van der Waals surface area contributed by atoms with E-state index in [0.717, 1.165) is 0 Å². The summed E-state index contributed by atoms with van der Waals surface area (Å²) in [5.74, 6) is -2.44. The predicted molar refractivity (Wildman–Crippen MR) is 72.0 cm³/mol. The summed E-state index contributed by atoms with van der Waals surface area (Å²) >= 11 is 0. The third-order valence-corrected chi connectivity index (χ3v) is 1.05. The number of hydrogen-bond acceptors (Lipinski definition) is 4. The van der Waals surface area contributed by atoms with Crippen molar-refractivity contribution >= 4 is 11.9 Å². The van der Waals surface area contributed by atoms with E-state index in [1.54, 1.807) is 0 Å². The van der Waals surface area contributed by atoms with Crippen LogP contribution >= 0.6 is 0 Å². The Morgan fingerprint density at radius 1 is 0.895 bits per heavy atom. The Balaban J connectivity index is -0.000000219. The molecule has 19 heavy (non-hydrogen) atoms. The lowest BCUT2D eigenvalue weighted by molar-refractivity contribution is -0.139. The first kappa shape index (κ1) is 21.5. The van der Waals surface area contributed by atoms with Crippen LogP contribution in [-0.2, 0) is 19.1 Å². The second kappa shape index (κ2) is 17.6. The monoisotopic (exact) mass is 270 g/mol. The van der Waals surface area contributed by atoms with Crippen LogP contribution in [0.4, 0.5) is 0 Å². The highest BCUT2D eigenvalue weighted by atomic mass is 16.5. The molecule has 0 aliphatic heterocycles. The van der Waals surface area contributed by atoms with Crippen LogP contribution in [0.3, 0.4) is 0 Å². The van der Waals surface area contributed by atoms with Gasteiger partial charge in [-0.05, 0) is 0 Å². The molecule has 0 rings (SSSR count). The zero-order valence-corrected chi connectivity index (χ0v) is 10.6. The van der Waals surface area contributed by atoms with Crippen molar-refractivity contribution in [3.63, 3.8) is 0 Å². The quantitative estimate of drug-likeness (QED) is 0.545. The molecule has 0 saturated heterocycles. The number of carboxylic acids is 2. The van der Waals surface area contributed by atoms with Crippen molar-refractivity contribution < 1.29 is 29.3 Å². The van der Waals surface area contributed by atoms with Gasteiger partial charge >= 0.3 is 11.9 Å². The molecule has 0 heterocycles. The van der Waals surface area contributed by atoms with Gasteiger partial charge in [-0.25, -0.2) is 4.79 Å². The van der Waals surface area contributed by atoms with Crippen LogP contribution in [0.5, 0.6) is 0 Å². The maximum absolute atomic E-state index is 9.87. The third-order valence-electron chi connectivity index (χ3n) is 1.05. The molecule has 106 valence electrons. The third kappa shape index (κ3) is 31.3. The number of hydrogen-bond donors (Lipinski definition) is 2. The van der Waals surface area contributed by atoms with E-state index in [-0.39, 0.29) is 5.57 Å². The fourth-order valence-corrected chi connectivity index (χ4v) is 0.394. The van der Waals surface area contributed by atoms with E-state index in [2.05, 4.69) is 42.4 Å². The highest BCUT2D eigenvalue weighted by molar-refractivity contribution is 5.91. The summed E-state index contributed by atoms with van der Waals surface area (Å²) in [7, 11) is 0. The van der Waals surface area contributed by atoms with Gasteiger partial charge in [0.2, 0.25) is 0 Å². The molecule has 0 aromatic rings. The minimum atomic E-state index is -1.27. The van der Waals surface area contributed by atoms with E-state index >= 15 is 0 Å². The van der Waals surface area contributed by atoms with Crippen LogP contribution in [0.2, 0.25) is 0 Å². The lowest BCUT2D eigenvalue weighted by Crippen LogP contribution is -2.04. The lowest BCUT2D eigenvalue weighted by atomic mass is 10.2. The SMILES string of the molecule is C=C(CC(=O)O)C(=O)O.C=COC=C.C=COC=C. The Kier molecular flexibility index (Phi) is 20.0.